The van der Waals surface area contributed by atoms with Crippen molar-refractivity contribution in [1.29, 1.82) is 0 Å². The van der Waals surface area contributed by atoms with E-state index in [4.69, 9.17) is 0 Å². The molecule has 3 rings (SSSR count). The van der Waals surface area contributed by atoms with Crippen LogP contribution in [0.1, 0.15) is 22.7 Å². The van der Waals surface area contributed by atoms with Gasteiger partial charge in [-0.15, -0.1) is 0 Å². The number of thioether (sulfide) groups is 1. The Bertz CT molecular complexity index is 754. The molecule has 0 aliphatic carbocycles. The SMILES string of the molecule is CNC(C(=O)Nc1cccc(CN2CCSCC2)c1C)c1cnn(C)c1. The molecule has 0 radical (unpaired) electrons. The zero-order valence-corrected chi connectivity index (χ0v) is 16.5. The van der Waals surface area contributed by atoms with E-state index >= 15 is 0 Å². The van der Waals surface area contributed by atoms with Gasteiger partial charge in [0.25, 0.3) is 0 Å². The summed E-state index contributed by atoms with van der Waals surface area (Å²) in [5.41, 5.74) is 4.15. The quantitative estimate of drug-likeness (QED) is 0.813. The van der Waals surface area contributed by atoms with Crippen molar-refractivity contribution in [2.75, 3.05) is 37.0 Å². The topological polar surface area (TPSA) is 62.2 Å². The Hall–Kier alpha value is -1.83. The molecule has 0 saturated carbocycles. The van der Waals surface area contributed by atoms with E-state index in [1.54, 1.807) is 17.9 Å². The number of anilines is 1. The fourth-order valence-corrected chi connectivity index (χ4v) is 4.21. The van der Waals surface area contributed by atoms with E-state index in [2.05, 4.69) is 33.6 Å². The van der Waals surface area contributed by atoms with E-state index in [1.807, 2.05) is 37.1 Å². The molecular weight excluding hydrogens is 346 g/mol. The van der Waals surface area contributed by atoms with Gasteiger partial charge in [-0.2, -0.15) is 16.9 Å². The first-order valence-corrected chi connectivity index (χ1v) is 10.1. The Morgan fingerprint density at radius 2 is 2.12 bits per heavy atom. The van der Waals surface area contributed by atoms with Crippen molar-refractivity contribution in [2.24, 2.45) is 7.05 Å². The fourth-order valence-electron chi connectivity index (χ4n) is 3.23. The average molecular weight is 374 g/mol. The Balaban J connectivity index is 1.72. The van der Waals surface area contributed by atoms with Gasteiger partial charge in [0, 0.05) is 55.6 Å². The molecule has 26 heavy (non-hydrogen) atoms. The molecule has 1 unspecified atom stereocenters. The maximum absolute atomic E-state index is 12.8. The number of amides is 1. The number of carbonyl (C=O) groups excluding carboxylic acids is 1. The minimum atomic E-state index is -0.425. The highest BCUT2D eigenvalue weighted by Crippen LogP contribution is 2.23. The number of rotatable bonds is 6. The molecule has 1 saturated heterocycles. The van der Waals surface area contributed by atoms with Crippen LogP contribution < -0.4 is 10.6 Å². The molecule has 2 N–H and O–H groups in total. The summed E-state index contributed by atoms with van der Waals surface area (Å²) in [4.78, 5) is 15.3. The number of hydrogen-bond acceptors (Lipinski definition) is 5. The third-order valence-electron chi connectivity index (χ3n) is 4.81. The summed E-state index contributed by atoms with van der Waals surface area (Å²) in [5, 5.41) is 10.3. The van der Waals surface area contributed by atoms with Crippen LogP contribution in [0.5, 0.6) is 0 Å². The van der Waals surface area contributed by atoms with Crippen molar-refractivity contribution in [3.05, 3.63) is 47.3 Å². The first kappa shape index (κ1) is 18.9. The van der Waals surface area contributed by atoms with Crippen molar-refractivity contribution in [3.8, 4) is 0 Å². The zero-order valence-electron chi connectivity index (χ0n) is 15.7. The molecule has 2 aromatic rings. The molecule has 1 atom stereocenters. The molecule has 0 spiro atoms. The first-order chi connectivity index (χ1) is 12.6. The normalized spacial score (nSPS) is 16.4. The van der Waals surface area contributed by atoms with Gasteiger partial charge in [-0.3, -0.25) is 14.4 Å². The highest BCUT2D eigenvalue weighted by molar-refractivity contribution is 7.99. The van der Waals surface area contributed by atoms with Crippen LogP contribution in [-0.4, -0.2) is 52.2 Å². The average Bonchev–Trinajstić information content (AvgIpc) is 3.06. The Morgan fingerprint density at radius 3 is 2.77 bits per heavy atom. The molecule has 6 nitrogen and oxygen atoms in total. The maximum atomic E-state index is 12.8. The van der Waals surface area contributed by atoms with Crippen LogP contribution in [0.2, 0.25) is 0 Å². The number of nitrogens with zero attached hydrogens (tertiary/aromatic N) is 3. The van der Waals surface area contributed by atoms with Crippen molar-refractivity contribution < 1.29 is 4.79 Å². The molecular formula is C19H27N5OS. The van der Waals surface area contributed by atoms with Crippen molar-refractivity contribution >= 4 is 23.4 Å². The summed E-state index contributed by atoms with van der Waals surface area (Å²) in [5.74, 6) is 2.32. The van der Waals surface area contributed by atoms with E-state index in [-0.39, 0.29) is 5.91 Å². The summed E-state index contributed by atoms with van der Waals surface area (Å²) >= 11 is 2.02. The molecule has 1 aromatic heterocycles. The van der Waals surface area contributed by atoms with Gasteiger partial charge in [0.05, 0.1) is 6.20 Å². The second kappa shape index (κ2) is 8.70. The molecule has 7 heteroatoms. The molecule has 1 aliphatic heterocycles. The smallest absolute Gasteiger partial charge is 0.246 e. The molecule has 0 bridgehead atoms. The van der Waals surface area contributed by atoms with E-state index in [1.165, 1.54) is 17.1 Å². The van der Waals surface area contributed by atoms with Crippen LogP contribution >= 0.6 is 11.8 Å². The Kier molecular flexibility index (Phi) is 6.34. The Labute approximate surface area is 159 Å². The lowest BCUT2D eigenvalue weighted by molar-refractivity contribution is -0.118. The highest BCUT2D eigenvalue weighted by Gasteiger charge is 2.21. The first-order valence-electron chi connectivity index (χ1n) is 8.93. The second-order valence-corrected chi connectivity index (χ2v) is 7.86. The van der Waals surface area contributed by atoms with Crippen LogP contribution in [0.15, 0.2) is 30.6 Å². The minimum Gasteiger partial charge on any atom is -0.324 e. The number of hydrogen-bond donors (Lipinski definition) is 2. The van der Waals surface area contributed by atoms with E-state index < -0.39 is 6.04 Å². The van der Waals surface area contributed by atoms with Crippen molar-refractivity contribution in [1.82, 2.24) is 20.0 Å². The van der Waals surface area contributed by atoms with Gasteiger partial charge in [-0.25, -0.2) is 0 Å². The van der Waals surface area contributed by atoms with Crippen LogP contribution in [0.3, 0.4) is 0 Å². The van der Waals surface area contributed by atoms with Crippen LogP contribution in [0.4, 0.5) is 5.69 Å². The van der Waals surface area contributed by atoms with E-state index in [0.717, 1.165) is 36.4 Å². The second-order valence-electron chi connectivity index (χ2n) is 6.64. The predicted molar refractivity (Wildman–Crippen MR) is 107 cm³/mol. The molecule has 1 aromatic carbocycles. The molecule has 1 aliphatic rings. The third-order valence-corrected chi connectivity index (χ3v) is 5.75. The summed E-state index contributed by atoms with van der Waals surface area (Å²) in [6, 6.07) is 5.72. The third kappa shape index (κ3) is 4.47. The minimum absolute atomic E-state index is 0.0740. The summed E-state index contributed by atoms with van der Waals surface area (Å²) in [6.07, 6.45) is 3.58. The van der Waals surface area contributed by atoms with Crippen LogP contribution in [-0.2, 0) is 18.4 Å². The lowest BCUT2D eigenvalue weighted by atomic mass is 10.0. The number of aryl methyl sites for hydroxylation is 1. The van der Waals surface area contributed by atoms with Crippen LogP contribution in [0.25, 0.3) is 0 Å². The maximum Gasteiger partial charge on any atom is 0.246 e. The number of aromatic nitrogens is 2. The largest absolute Gasteiger partial charge is 0.324 e. The van der Waals surface area contributed by atoms with Gasteiger partial charge in [-0.05, 0) is 31.2 Å². The predicted octanol–water partition coefficient (Wildman–Crippen LogP) is 2.18. The van der Waals surface area contributed by atoms with E-state index in [0.29, 0.717) is 0 Å². The summed E-state index contributed by atoms with van der Waals surface area (Å²) < 4.78 is 1.70. The number of nitrogens with one attached hydrogen (secondary N) is 2. The molecule has 2 heterocycles. The number of benzene rings is 1. The van der Waals surface area contributed by atoms with Gasteiger partial charge in [0.15, 0.2) is 0 Å². The summed E-state index contributed by atoms with van der Waals surface area (Å²) in [6.45, 7) is 5.28. The zero-order chi connectivity index (χ0) is 18.5. The van der Waals surface area contributed by atoms with E-state index in [9.17, 15) is 4.79 Å². The highest BCUT2D eigenvalue weighted by atomic mass is 32.2. The van der Waals surface area contributed by atoms with Gasteiger partial charge < -0.3 is 10.6 Å². The monoisotopic (exact) mass is 373 g/mol. The fraction of sp³-hybridized carbons (Fsp3) is 0.474. The Morgan fingerprint density at radius 1 is 1.35 bits per heavy atom. The van der Waals surface area contributed by atoms with Crippen molar-refractivity contribution in [3.63, 3.8) is 0 Å². The van der Waals surface area contributed by atoms with Crippen LogP contribution in [0, 0.1) is 6.92 Å². The number of likely N-dealkylation sites (N-methyl/N-ethyl adjacent to an activating group) is 1. The van der Waals surface area contributed by atoms with Gasteiger partial charge in [0.2, 0.25) is 5.91 Å². The standard InChI is InChI=1S/C19H27N5OS/c1-14-15(13-24-7-9-26-10-8-24)5-4-6-17(14)22-19(25)18(20-2)16-11-21-23(3)12-16/h4-6,11-12,18,20H,7-10,13H2,1-3H3,(H,22,25). The molecule has 1 fully saturated rings. The lowest BCUT2D eigenvalue weighted by Gasteiger charge is -2.27. The molecule has 1 amide bonds. The summed E-state index contributed by atoms with van der Waals surface area (Å²) in [7, 11) is 3.63. The van der Waals surface area contributed by atoms with Gasteiger partial charge in [-0.1, -0.05) is 12.1 Å². The molecule has 140 valence electrons. The lowest BCUT2D eigenvalue weighted by Crippen LogP contribution is -2.32. The number of carbonyl (C=O) groups is 1. The van der Waals surface area contributed by atoms with Gasteiger partial charge in [0.1, 0.15) is 6.04 Å². The van der Waals surface area contributed by atoms with Crippen molar-refractivity contribution in [2.45, 2.75) is 19.5 Å². The van der Waals surface area contributed by atoms with Gasteiger partial charge >= 0.3 is 0 Å².